The molecule has 0 saturated carbocycles. The Kier molecular flexibility index (Phi) is 5.55. The van der Waals surface area contributed by atoms with Gasteiger partial charge in [0, 0.05) is 30.1 Å². The number of sulfone groups is 1. The largest absolute Gasteiger partial charge is 0.313 e. The van der Waals surface area contributed by atoms with Crippen molar-refractivity contribution in [3.8, 4) is 0 Å². The fraction of sp³-hybridized carbons (Fsp3) is 0.769. The molecule has 0 aliphatic rings. The summed E-state index contributed by atoms with van der Waals surface area (Å²) in [5, 5.41) is 7.82. The predicted octanol–water partition coefficient (Wildman–Crippen LogP) is 1.61. The molecule has 19 heavy (non-hydrogen) atoms. The van der Waals surface area contributed by atoms with Crippen molar-refractivity contribution >= 4 is 9.84 Å². The van der Waals surface area contributed by atoms with Gasteiger partial charge in [0.15, 0.2) is 0 Å². The zero-order valence-corrected chi connectivity index (χ0v) is 13.3. The first kappa shape index (κ1) is 16.2. The molecule has 1 N–H and O–H groups in total. The van der Waals surface area contributed by atoms with E-state index in [1.165, 1.54) is 11.8 Å². The van der Waals surface area contributed by atoms with E-state index >= 15 is 0 Å². The van der Waals surface area contributed by atoms with Crippen molar-refractivity contribution < 1.29 is 8.42 Å². The van der Waals surface area contributed by atoms with E-state index in [-0.39, 0.29) is 5.75 Å². The van der Waals surface area contributed by atoms with Crippen LogP contribution in [0.3, 0.4) is 0 Å². The summed E-state index contributed by atoms with van der Waals surface area (Å²) in [6.07, 6.45) is 2.89. The quantitative estimate of drug-likeness (QED) is 0.827. The van der Waals surface area contributed by atoms with Crippen LogP contribution in [-0.4, -0.2) is 37.3 Å². The van der Waals surface area contributed by atoms with Crippen molar-refractivity contribution in [1.29, 1.82) is 0 Å². The minimum absolute atomic E-state index is 0.212. The first-order valence-corrected chi connectivity index (χ1v) is 8.75. The number of hydrogen-bond donors (Lipinski definition) is 1. The lowest BCUT2D eigenvalue weighted by molar-refractivity contribution is 0.555. The van der Waals surface area contributed by atoms with Crippen LogP contribution in [0.4, 0.5) is 0 Å². The van der Waals surface area contributed by atoms with Crippen LogP contribution in [-0.2, 0) is 16.4 Å². The highest BCUT2D eigenvalue weighted by molar-refractivity contribution is 7.90. The molecule has 1 aromatic rings. The Morgan fingerprint density at radius 1 is 1.37 bits per heavy atom. The molecule has 0 saturated heterocycles. The molecule has 0 aliphatic carbocycles. The smallest absolute Gasteiger partial charge is 0.147 e. The first-order valence-electron chi connectivity index (χ1n) is 6.69. The fourth-order valence-electron chi connectivity index (χ4n) is 2.46. The van der Waals surface area contributed by atoms with E-state index in [0.717, 1.165) is 17.8 Å². The predicted molar refractivity (Wildman–Crippen MR) is 78.1 cm³/mol. The van der Waals surface area contributed by atoms with Crippen LogP contribution in [0.15, 0.2) is 0 Å². The Balaban J connectivity index is 2.84. The highest BCUT2D eigenvalue weighted by atomic mass is 32.2. The van der Waals surface area contributed by atoms with E-state index in [1.54, 1.807) is 0 Å². The lowest BCUT2D eigenvalue weighted by atomic mass is 10.0. The summed E-state index contributed by atoms with van der Waals surface area (Å²) in [4.78, 5) is 0. The zero-order chi connectivity index (χ0) is 14.6. The van der Waals surface area contributed by atoms with Gasteiger partial charge in [0.25, 0.3) is 0 Å². The molecule has 0 bridgehead atoms. The first-order chi connectivity index (χ1) is 8.80. The Morgan fingerprint density at radius 2 is 2.00 bits per heavy atom. The van der Waals surface area contributed by atoms with Crippen LogP contribution in [0.1, 0.15) is 42.8 Å². The van der Waals surface area contributed by atoms with Crippen molar-refractivity contribution in [2.45, 2.75) is 46.2 Å². The molecular formula is C13H25N3O2S. The van der Waals surface area contributed by atoms with Crippen LogP contribution in [0.2, 0.25) is 0 Å². The van der Waals surface area contributed by atoms with Crippen molar-refractivity contribution in [2.24, 2.45) is 0 Å². The van der Waals surface area contributed by atoms with Gasteiger partial charge >= 0.3 is 0 Å². The van der Waals surface area contributed by atoms with E-state index in [4.69, 9.17) is 0 Å². The molecule has 1 atom stereocenters. The fourth-order valence-corrected chi connectivity index (χ4v) is 3.12. The molecule has 1 heterocycles. The molecule has 0 fully saturated rings. The molecule has 1 unspecified atom stereocenters. The highest BCUT2D eigenvalue weighted by Crippen LogP contribution is 2.23. The Hall–Kier alpha value is -0.880. The molecule has 5 nitrogen and oxygen atoms in total. The summed E-state index contributed by atoms with van der Waals surface area (Å²) in [7, 11) is -0.937. The maximum atomic E-state index is 11.1. The van der Waals surface area contributed by atoms with Gasteiger partial charge in [-0.3, -0.25) is 4.68 Å². The van der Waals surface area contributed by atoms with E-state index in [1.807, 2.05) is 18.7 Å². The van der Waals surface area contributed by atoms with Crippen molar-refractivity contribution in [1.82, 2.24) is 15.1 Å². The van der Waals surface area contributed by atoms with Crippen molar-refractivity contribution in [3.63, 3.8) is 0 Å². The standard InChI is InChI=1S/C13H25N3O2S/c1-6-12(14-4)13-10(2)15-16(11(13)3)8-7-9-19(5,17)18/h12,14H,6-9H2,1-5H3. The molecule has 110 valence electrons. The topological polar surface area (TPSA) is 64.0 Å². The minimum atomic E-state index is -2.89. The molecule has 0 radical (unpaired) electrons. The summed E-state index contributed by atoms with van der Waals surface area (Å²) in [5.74, 6) is 0.212. The molecule has 0 amide bonds. The molecular weight excluding hydrogens is 262 g/mol. The molecule has 0 aliphatic heterocycles. The molecule has 1 rings (SSSR count). The second-order valence-corrected chi connectivity index (χ2v) is 7.30. The molecule has 6 heteroatoms. The summed E-state index contributed by atoms with van der Waals surface area (Å²) < 4.78 is 24.2. The van der Waals surface area contributed by atoms with Gasteiger partial charge in [0.2, 0.25) is 0 Å². The number of rotatable bonds is 7. The summed E-state index contributed by atoms with van der Waals surface area (Å²) in [5.41, 5.74) is 3.40. The minimum Gasteiger partial charge on any atom is -0.313 e. The Bertz CT molecular complexity index is 516. The van der Waals surface area contributed by atoms with Gasteiger partial charge in [-0.1, -0.05) is 6.92 Å². The van der Waals surface area contributed by atoms with Crippen LogP contribution >= 0.6 is 0 Å². The van der Waals surface area contributed by atoms with Crippen LogP contribution in [0.25, 0.3) is 0 Å². The van der Waals surface area contributed by atoms with Gasteiger partial charge in [0.05, 0.1) is 11.4 Å². The summed E-state index contributed by atoms with van der Waals surface area (Å²) in [6.45, 7) is 6.85. The molecule has 0 aromatic carbocycles. The van der Waals surface area contributed by atoms with Crippen molar-refractivity contribution in [2.75, 3.05) is 19.1 Å². The van der Waals surface area contributed by atoms with Crippen molar-refractivity contribution in [3.05, 3.63) is 17.0 Å². The van der Waals surface area contributed by atoms with Gasteiger partial charge in [0.1, 0.15) is 9.84 Å². The van der Waals surface area contributed by atoms with Gasteiger partial charge in [-0.2, -0.15) is 5.10 Å². The van der Waals surface area contributed by atoms with Gasteiger partial charge in [-0.25, -0.2) is 8.42 Å². The van der Waals surface area contributed by atoms with Gasteiger partial charge in [-0.05, 0) is 33.7 Å². The third-order valence-corrected chi connectivity index (χ3v) is 4.46. The van der Waals surface area contributed by atoms with E-state index in [9.17, 15) is 8.42 Å². The summed E-state index contributed by atoms with van der Waals surface area (Å²) in [6, 6.07) is 0.309. The zero-order valence-electron chi connectivity index (χ0n) is 12.5. The van der Waals surface area contributed by atoms with Crippen LogP contribution in [0, 0.1) is 13.8 Å². The van der Waals surface area contributed by atoms with Gasteiger partial charge < -0.3 is 5.32 Å². The Labute approximate surface area is 116 Å². The number of hydrogen-bond acceptors (Lipinski definition) is 4. The summed E-state index contributed by atoms with van der Waals surface area (Å²) >= 11 is 0. The molecule has 0 spiro atoms. The monoisotopic (exact) mass is 287 g/mol. The SMILES string of the molecule is CCC(NC)c1c(C)nn(CCCS(C)(=O)=O)c1C. The third kappa shape index (κ3) is 4.31. The second kappa shape index (κ2) is 6.52. The lowest BCUT2D eigenvalue weighted by Crippen LogP contribution is -2.17. The number of nitrogens with one attached hydrogen (secondary N) is 1. The maximum absolute atomic E-state index is 11.1. The number of aromatic nitrogens is 2. The average Bonchev–Trinajstić information content (AvgIpc) is 2.57. The maximum Gasteiger partial charge on any atom is 0.147 e. The van der Waals surface area contributed by atoms with E-state index in [2.05, 4.69) is 24.3 Å². The highest BCUT2D eigenvalue weighted by Gasteiger charge is 2.18. The second-order valence-electron chi connectivity index (χ2n) is 5.04. The average molecular weight is 287 g/mol. The van der Waals surface area contributed by atoms with Crippen LogP contribution in [0.5, 0.6) is 0 Å². The number of nitrogens with zero attached hydrogens (tertiary/aromatic N) is 2. The van der Waals surface area contributed by atoms with Crippen LogP contribution < -0.4 is 5.32 Å². The normalized spacial score (nSPS) is 13.7. The number of aryl methyl sites for hydroxylation is 2. The van der Waals surface area contributed by atoms with E-state index < -0.39 is 9.84 Å². The third-order valence-electron chi connectivity index (χ3n) is 3.43. The lowest BCUT2D eigenvalue weighted by Gasteiger charge is -2.14. The van der Waals surface area contributed by atoms with Gasteiger partial charge in [-0.15, -0.1) is 0 Å². The van der Waals surface area contributed by atoms with E-state index in [0.29, 0.717) is 19.0 Å². The molecule has 1 aromatic heterocycles. The Morgan fingerprint density at radius 3 is 2.47 bits per heavy atom.